The van der Waals surface area contributed by atoms with Gasteiger partial charge in [0.2, 0.25) is 0 Å². The zero-order valence-electron chi connectivity index (χ0n) is 11.2. The minimum Gasteiger partial charge on any atom is -0.394 e. The summed E-state index contributed by atoms with van der Waals surface area (Å²) in [5.41, 5.74) is 1.96. The average Bonchev–Trinajstić information content (AvgIpc) is 2.49. The van der Waals surface area contributed by atoms with Crippen molar-refractivity contribution in [1.82, 2.24) is 10.3 Å². The molecule has 0 aliphatic rings. The largest absolute Gasteiger partial charge is 0.394 e. The number of rotatable bonds is 6. The quantitative estimate of drug-likeness (QED) is 0.832. The Morgan fingerprint density at radius 3 is 2.42 bits per heavy atom. The summed E-state index contributed by atoms with van der Waals surface area (Å²) in [6.45, 7) is 2.91. The molecule has 19 heavy (non-hydrogen) atoms. The fourth-order valence-corrected chi connectivity index (χ4v) is 2.09. The van der Waals surface area contributed by atoms with Gasteiger partial charge < -0.3 is 10.4 Å². The van der Waals surface area contributed by atoms with Gasteiger partial charge in [0, 0.05) is 18.9 Å². The molecule has 3 heteroatoms. The van der Waals surface area contributed by atoms with Crippen molar-refractivity contribution < 1.29 is 5.11 Å². The SMILES string of the molecule is CC(CO)(NCCc1ccncc1)c1ccccc1. The van der Waals surface area contributed by atoms with Crippen LogP contribution in [0.2, 0.25) is 0 Å². The van der Waals surface area contributed by atoms with E-state index >= 15 is 0 Å². The third-order valence-electron chi connectivity index (χ3n) is 3.41. The van der Waals surface area contributed by atoms with E-state index in [2.05, 4.69) is 10.3 Å². The van der Waals surface area contributed by atoms with Crippen LogP contribution in [0.1, 0.15) is 18.1 Å². The number of nitrogens with one attached hydrogen (secondary N) is 1. The standard InChI is InChI=1S/C16H20N2O/c1-16(13-19,15-5-3-2-4-6-15)18-12-9-14-7-10-17-11-8-14/h2-8,10-11,18-19H,9,12-13H2,1H3. The molecule has 1 aromatic heterocycles. The highest BCUT2D eigenvalue weighted by atomic mass is 16.3. The molecule has 0 bridgehead atoms. The van der Waals surface area contributed by atoms with Gasteiger partial charge >= 0.3 is 0 Å². The number of aliphatic hydroxyl groups excluding tert-OH is 1. The summed E-state index contributed by atoms with van der Waals surface area (Å²) >= 11 is 0. The van der Waals surface area contributed by atoms with Crippen molar-refractivity contribution >= 4 is 0 Å². The van der Waals surface area contributed by atoms with Gasteiger partial charge in [-0.05, 0) is 36.6 Å². The van der Waals surface area contributed by atoms with Gasteiger partial charge in [0.15, 0.2) is 0 Å². The summed E-state index contributed by atoms with van der Waals surface area (Å²) in [6.07, 6.45) is 4.53. The first-order chi connectivity index (χ1) is 9.24. The molecule has 0 fully saturated rings. The van der Waals surface area contributed by atoms with E-state index in [9.17, 15) is 5.11 Å². The number of benzene rings is 1. The van der Waals surface area contributed by atoms with Crippen molar-refractivity contribution in [2.45, 2.75) is 18.9 Å². The highest BCUT2D eigenvalue weighted by molar-refractivity contribution is 5.23. The number of pyridine rings is 1. The number of aliphatic hydroxyl groups is 1. The van der Waals surface area contributed by atoms with Crippen LogP contribution < -0.4 is 5.32 Å². The molecule has 0 saturated carbocycles. The minimum atomic E-state index is -0.395. The minimum absolute atomic E-state index is 0.0767. The van der Waals surface area contributed by atoms with Crippen molar-refractivity contribution in [3.63, 3.8) is 0 Å². The monoisotopic (exact) mass is 256 g/mol. The molecule has 0 amide bonds. The summed E-state index contributed by atoms with van der Waals surface area (Å²) in [5.74, 6) is 0. The lowest BCUT2D eigenvalue weighted by Crippen LogP contribution is -2.43. The second kappa shape index (κ2) is 6.45. The molecule has 2 aromatic rings. The average molecular weight is 256 g/mol. The Balaban J connectivity index is 1.96. The van der Waals surface area contributed by atoms with Crippen molar-refractivity contribution in [2.75, 3.05) is 13.2 Å². The predicted octanol–water partition coefficient (Wildman–Crippen LogP) is 2.12. The van der Waals surface area contributed by atoms with Crippen LogP contribution in [0.25, 0.3) is 0 Å². The van der Waals surface area contributed by atoms with Crippen LogP contribution in [0, 0.1) is 0 Å². The molecule has 0 aliphatic carbocycles. The fraction of sp³-hybridized carbons (Fsp3) is 0.312. The van der Waals surface area contributed by atoms with Crippen molar-refractivity contribution in [2.24, 2.45) is 0 Å². The summed E-state index contributed by atoms with van der Waals surface area (Å²) < 4.78 is 0. The first-order valence-electron chi connectivity index (χ1n) is 6.55. The van der Waals surface area contributed by atoms with Crippen LogP contribution in [0.3, 0.4) is 0 Å². The maximum atomic E-state index is 9.66. The normalized spacial score (nSPS) is 14.0. The van der Waals surface area contributed by atoms with E-state index in [0.717, 1.165) is 18.5 Å². The first-order valence-corrected chi connectivity index (χ1v) is 6.55. The van der Waals surface area contributed by atoms with Gasteiger partial charge in [-0.3, -0.25) is 4.98 Å². The van der Waals surface area contributed by atoms with Gasteiger partial charge in [-0.2, -0.15) is 0 Å². The lowest BCUT2D eigenvalue weighted by Gasteiger charge is -2.29. The Kier molecular flexibility index (Phi) is 4.66. The molecular weight excluding hydrogens is 236 g/mol. The van der Waals surface area contributed by atoms with E-state index in [1.165, 1.54) is 5.56 Å². The number of nitrogens with zero attached hydrogens (tertiary/aromatic N) is 1. The van der Waals surface area contributed by atoms with Crippen molar-refractivity contribution in [1.29, 1.82) is 0 Å². The van der Waals surface area contributed by atoms with E-state index < -0.39 is 5.54 Å². The third-order valence-corrected chi connectivity index (χ3v) is 3.41. The van der Waals surface area contributed by atoms with E-state index in [1.807, 2.05) is 49.4 Å². The van der Waals surface area contributed by atoms with Crippen LogP contribution in [0.4, 0.5) is 0 Å². The Morgan fingerprint density at radius 2 is 1.79 bits per heavy atom. The molecule has 3 nitrogen and oxygen atoms in total. The maximum Gasteiger partial charge on any atom is 0.0652 e. The summed E-state index contributed by atoms with van der Waals surface area (Å²) in [6, 6.07) is 14.1. The summed E-state index contributed by atoms with van der Waals surface area (Å²) in [4.78, 5) is 4.01. The Bertz CT molecular complexity index is 487. The lowest BCUT2D eigenvalue weighted by atomic mass is 9.92. The van der Waals surface area contributed by atoms with Gasteiger partial charge in [0.05, 0.1) is 12.1 Å². The van der Waals surface area contributed by atoms with Gasteiger partial charge in [-0.25, -0.2) is 0 Å². The summed E-state index contributed by atoms with van der Waals surface area (Å²) in [7, 11) is 0. The molecule has 2 N–H and O–H groups in total. The molecule has 0 aliphatic heterocycles. The predicted molar refractivity (Wildman–Crippen MR) is 76.8 cm³/mol. The molecule has 1 aromatic carbocycles. The molecule has 0 spiro atoms. The molecular formula is C16H20N2O. The smallest absolute Gasteiger partial charge is 0.0652 e. The number of hydrogen-bond donors (Lipinski definition) is 2. The zero-order chi connectivity index (χ0) is 13.6. The van der Waals surface area contributed by atoms with Crippen LogP contribution >= 0.6 is 0 Å². The van der Waals surface area contributed by atoms with E-state index in [1.54, 1.807) is 12.4 Å². The highest BCUT2D eigenvalue weighted by Crippen LogP contribution is 2.19. The van der Waals surface area contributed by atoms with Crippen molar-refractivity contribution in [3.05, 3.63) is 66.0 Å². The van der Waals surface area contributed by atoms with Gasteiger partial charge in [-0.15, -0.1) is 0 Å². The summed E-state index contributed by atoms with van der Waals surface area (Å²) in [5, 5.41) is 13.1. The van der Waals surface area contributed by atoms with Crippen LogP contribution in [0.5, 0.6) is 0 Å². The van der Waals surface area contributed by atoms with Crippen molar-refractivity contribution in [3.8, 4) is 0 Å². The van der Waals surface area contributed by atoms with Crippen LogP contribution in [-0.2, 0) is 12.0 Å². The zero-order valence-corrected chi connectivity index (χ0v) is 11.2. The van der Waals surface area contributed by atoms with Gasteiger partial charge in [0.25, 0.3) is 0 Å². The maximum absolute atomic E-state index is 9.66. The molecule has 100 valence electrons. The van der Waals surface area contributed by atoms with Crippen LogP contribution in [0.15, 0.2) is 54.9 Å². The second-order valence-electron chi connectivity index (χ2n) is 4.89. The van der Waals surface area contributed by atoms with E-state index in [-0.39, 0.29) is 6.61 Å². The second-order valence-corrected chi connectivity index (χ2v) is 4.89. The Morgan fingerprint density at radius 1 is 1.11 bits per heavy atom. The Hall–Kier alpha value is -1.71. The lowest BCUT2D eigenvalue weighted by molar-refractivity contribution is 0.176. The van der Waals surface area contributed by atoms with Gasteiger partial charge in [0.1, 0.15) is 0 Å². The molecule has 1 atom stereocenters. The fourth-order valence-electron chi connectivity index (χ4n) is 2.09. The van der Waals surface area contributed by atoms with Gasteiger partial charge in [-0.1, -0.05) is 30.3 Å². The molecule has 0 saturated heterocycles. The van der Waals surface area contributed by atoms with E-state index in [4.69, 9.17) is 0 Å². The Labute approximate surface area is 114 Å². The molecule has 1 heterocycles. The third kappa shape index (κ3) is 3.63. The van der Waals surface area contributed by atoms with E-state index in [0.29, 0.717) is 0 Å². The highest BCUT2D eigenvalue weighted by Gasteiger charge is 2.24. The molecule has 1 unspecified atom stereocenters. The molecule has 2 rings (SSSR count). The number of aromatic nitrogens is 1. The van der Waals surface area contributed by atoms with Crippen LogP contribution in [-0.4, -0.2) is 23.2 Å². The first kappa shape index (κ1) is 13.7. The number of hydrogen-bond acceptors (Lipinski definition) is 3. The molecule has 0 radical (unpaired) electrons. The topological polar surface area (TPSA) is 45.1 Å².